The molecule has 1 fully saturated rings. The number of nitrogens with zero attached hydrogens (tertiary/aromatic N) is 3. The van der Waals surface area contributed by atoms with Gasteiger partial charge in [-0.05, 0) is 49.2 Å². The highest BCUT2D eigenvalue weighted by Gasteiger charge is 2.19. The highest BCUT2D eigenvalue weighted by atomic mass is 35.5. The van der Waals surface area contributed by atoms with Crippen molar-refractivity contribution < 1.29 is 0 Å². The lowest BCUT2D eigenvalue weighted by Gasteiger charge is -2.32. The minimum Gasteiger partial charge on any atom is -0.310 e. The molecule has 1 saturated heterocycles. The smallest absolute Gasteiger partial charge is 0.310 e. The molecule has 0 atom stereocenters. The summed E-state index contributed by atoms with van der Waals surface area (Å²) in [5.41, 5.74) is 4.64. The van der Waals surface area contributed by atoms with Crippen LogP contribution in [-0.2, 0) is 27.2 Å². The summed E-state index contributed by atoms with van der Waals surface area (Å²) in [6.45, 7) is 4.17. The van der Waals surface area contributed by atoms with Gasteiger partial charge in [0.2, 0.25) is 0 Å². The third-order valence-corrected chi connectivity index (χ3v) is 5.77. The largest absolute Gasteiger partial charge is 0.328 e. The van der Waals surface area contributed by atoms with Crippen molar-refractivity contribution in [1.82, 2.24) is 19.4 Å². The summed E-state index contributed by atoms with van der Waals surface area (Å²) >= 11 is 0. The molecule has 1 aliphatic heterocycles. The minimum atomic E-state index is 0. The zero-order valence-electron chi connectivity index (χ0n) is 17.0. The maximum atomic E-state index is 12.1. The minimum absolute atomic E-state index is 0. The quantitative estimate of drug-likeness (QED) is 0.665. The summed E-state index contributed by atoms with van der Waals surface area (Å²) in [6, 6.07) is 17.6. The van der Waals surface area contributed by atoms with E-state index in [1.54, 1.807) is 9.13 Å². The topological polar surface area (TPSA) is 42.2 Å². The van der Waals surface area contributed by atoms with E-state index >= 15 is 0 Å². The van der Waals surface area contributed by atoms with E-state index < -0.39 is 0 Å². The molecular formula is C22H30Cl2N4O. The van der Waals surface area contributed by atoms with E-state index in [9.17, 15) is 4.79 Å². The molecule has 7 heteroatoms. The van der Waals surface area contributed by atoms with Gasteiger partial charge in [-0.3, -0.25) is 14.0 Å². The number of halogens is 2. The molecule has 0 aliphatic carbocycles. The Morgan fingerprint density at radius 3 is 2.24 bits per heavy atom. The second-order valence-corrected chi connectivity index (χ2v) is 7.64. The second kappa shape index (κ2) is 10.3. The molecule has 0 radical (unpaired) electrons. The summed E-state index contributed by atoms with van der Waals surface area (Å²) in [4.78, 5) is 14.6. The Balaban J connectivity index is 0.00000150. The van der Waals surface area contributed by atoms with E-state index in [4.69, 9.17) is 0 Å². The van der Waals surface area contributed by atoms with Gasteiger partial charge >= 0.3 is 5.69 Å². The van der Waals surface area contributed by atoms with Gasteiger partial charge in [-0.1, -0.05) is 36.4 Å². The maximum absolute atomic E-state index is 12.1. The summed E-state index contributed by atoms with van der Waals surface area (Å²) < 4.78 is 3.43. The molecule has 2 heterocycles. The Labute approximate surface area is 184 Å². The van der Waals surface area contributed by atoms with Crippen molar-refractivity contribution in [1.29, 1.82) is 0 Å². The van der Waals surface area contributed by atoms with Crippen LogP contribution in [0.25, 0.3) is 11.0 Å². The Hall–Kier alpha value is -1.79. The fourth-order valence-electron chi connectivity index (χ4n) is 4.06. The van der Waals surface area contributed by atoms with Gasteiger partial charge in [-0.2, -0.15) is 0 Å². The van der Waals surface area contributed by atoms with E-state index in [0.717, 1.165) is 37.2 Å². The van der Waals surface area contributed by atoms with Crippen molar-refractivity contribution in [2.45, 2.75) is 32.0 Å². The molecule has 1 N–H and O–H groups in total. The normalized spacial score (nSPS) is 15.1. The Morgan fingerprint density at radius 1 is 0.897 bits per heavy atom. The summed E-state index contributed by atoms with van der Waals surface area (Å²) in [6.07, 6.45) is 2.36. The number of rotatable bonds is 5. The van der Waals surface area contributed by atoms with E-state index in [1.807, 2.05) is 14.1 Å². The highest BCUT2D eigenvalue weighted by molar-refractivity contribution is 5.85. The number of hydrogen-bond acceptors (Lipinski definition) is 3. The molecule has 158 valence electrons. The van der Waals surface area contributed by atoms with Gasteiger partial charge in [0.1, 0.15) is 0 Å². The van der Waals surface area contributed by atoms with Crippen LogP contribution < -0.4 is 11.0 Å². The molecular weight excluding hydrogens is 407 g/mol. The first-order chi connectivity index (χ1) is 13.1. The molecule has 5 nitrogen and oxygen atoms in total. The van der Waals surface area contributed by atoms with E-state index in [0.29, 0.717) is 6.04 Å². The number of hydrogen-bond donors (Lipinski definition) is 1. The Morgan fingerprint density at radius 2 is 1.55 bits per heavy atom. The molecule has 0 saturated carbocycles. The molecule has 4 rings (SSSR count). The first-order valence-corrected chi connectivity index (χ1v) is 9.76. The summed E-state index contributed by atoms with van der Waals surface area (Å²) in [7, 11) is 3.66. The average Bonchev–Trinajstić information content (AvgIpc) is 2.92. The van der Waals surface area contributed by atoms with Crippen molar-refractivity contribution in [3.8, 4) is 0 Å². The van der Waals surface area contributed by atoms with Crippen LogP contribution in [0.2, 0.25) is 0 Å². The van der Waals surface area contributed by atoms with Gasteiger partial charge in [0, 0.05) is 33.2 Å². The number of fused-ring (bicyclic) bond motifs is 1. The van der Waals surface area contributed by atoms with Crippen molar-refractivity contribution >= 4 is 35.8 Å². The number of benzene rings is 2. The lowest BCUT2D eigenvalue weighted by molar-refractivity contribution is 0.190. The monoisotopic (exact) mass is 436 g/mol. The van der Waals surface area contributed by atoms with Crippen molar-refractivity contribution in [3.05, 3.63) is 70.1 Å². The highest BCUT2D eigenvalue weighted by Crippen LogP contribution is 2.17. The second-order valence-electron chi connectivity index (χ2n) is 7.64. The summed E-state index contributed by atoms with van der Waals surface area (Å²) in [5, 5.41) is 3.71. The van der Waals surface area contributed by atoms with Gasteiger partial charge < -0.3 is 5.32 Å². The molecule has 29 heavy (non-hydrogen) atoms. The van der Waals surface area contributed by atoms with Crippen molar-refractivity contribution in [2.75, 3.05) is 13.1 Å². The zero-order valence-corrected chi connectivity index (χ0v) is 18.6. The molecule has 2 aromatic carbocycles. The fraction of sp³-hybridized carbons (Fsp3) is 0.409. The van der Waals surface area contributed by atoms with Gasteiger partial charge in [0.15, 0.2) is 0 Å². The zero-order chi connectivity index (χ0) is 18.8. The number of piperidine rings is 1. The van der Waals surface area contributed by atoms with Crippen LogP contribution in [0.5, 0.6) is 0 Å². The van der Waals surface area contributed by atoms with Gasteiger partial charge in [0.25, 0.3) is 0 Å². The Bertz CT molecular complexity index is 976. The molecule has 0 amide bonds. The molecule has 1 aromatic heterocycles. The number of nitrogens with one attached hydrogen (secondary N) is 1. The molecule has 1 aliphatic rings. The lowest BCUT2D eigenvalue weighted by Crippen LogP contribution is -2.41. The van der Waals surface area contributed by atoms with Crippen molar-refractivity contribution in [3.63, 3.8) is 0 Å². The van der Waals surface area contributed by atoms with Crippen LogP contribution in [0, 0.1) is 0 Å². The Kier molecular flexibility index (Phi) is 8.34. The number of aromatic nitrogens is 2. The van der Waals surface area contributed by atoms with Crippen LogP contribution in [0.4, 0.5) is 0 Å². The van der Waals surface area contributed by atoms with Gasteiger partial charge in [-0.15, -0.1) is 24.8 Å². The van der Waals surface area contributed by atoms with Gasteiger partial charge in [0.05, 0.1) is 11.0 Å². The predicted molar refractivity (Wildman–Crippen MR) is 124 cm³/mol. The molecule has 0 bridgehead atoms. The maximum Gasteiger partial charge on any atom is 0.328 e. The molecule has 3 aromatic rings. The first kappa shape index (κ1) is 23.5. The number of likely N-dealkylation sites (tertiary alicyclic amines) is 1. The summed E-state index contributed by atoms with van der Waals surface area (Å²) in [5.74, 6) is 0. The van der Waals surface area contributed by atoms with Crippen LogP contribution in [0.15, 0.2) is 53.3 Å². The number of imidazole rings is 1. The van der Waals surface area contributed by atoms with Crippen LogP contribution >= 0.6 is 24.8 Å². The van der Waals surface area contributed by atoms with Gasteiger partial charge in [-0.25, -0.2) is 4.79 Å². The van der Waals surface area contributed by atoms with E-state index in [1.165, 1.54) is 24.0 Å². The third kappa shape index (κ3) is 5.23. The average molecular weight is 437 g/mol. The van der Waals surface area contributed by atoms with Crippen LogP contribution in [0.1, 0.15) is 24.0 Å². The van der Waals surface area contributed by atoms with E-state index in [2.05, 4.69) is 58.7 Å². The standard InChI is InChI=1S/C22H28N4O.2ClH/c1-24-20-9-8-18(14-21(20)25(2)22(24)27)15-23-19-10-12-26(13-11-19)16-17-6-4-3-5-7-17;;/h3-9,14,19,23H,10-13,15-16H2,1-2H3;2*1H. The molecule has 0 spiro atoms. The van der Waals surface area contributed by atoms with Crippen LogP contribution in [0.3, 0.4) is 0 Å². The SMILES string of the molecule is Cl.Cl.Cn1c(=O)n(C)c2cc(CNC3CCN(Cc4ccccc4)CC3)ccc21. The first-order valence-electron chi connectivity index (χ1n) is 9.76. The number of aryl methyl sites for hydroxylation is 2. The fourth-order valence-corrected chi connectivity index (χ4v) is 4.06. The van der Waals surface area contributed by atoms with E-state index in [-0.39, 0.29) is 30.5 Å². The predicted octanol–water partition coefficient (Wildman–Crippen LogP) is 3.47. The van der Waals surface area contributed by atoms with Crippen molar-refractivity contribution in [2.24, 2.45) is 14.1 Å². The lowest BCUT2D eigenvalue weighted by atomic mass is 10.0. The molecule has 0 unspecified atom stereocenters. The van der Waals surface area contributed by atoms with Crippen LogP contribution in [-0.4, -0.2) is 33.2 Å². The third-order valence-electron chi connectivity index (χ3n) is 5.77.